The van der Waals surface area contributed by atoms with Crippen molar-refractivity contribution in [3.8, 4) is 0 Å². The number of benzene rings is 1. The highest BCUT2D eigenvalue weighted by atomic mass is 14.9. The fourth-order valence-electron chi connectivity index (χ4n) is 3.94. The van der Waals surface area contributed by atoms with E-state index in [4.69, 9.17) is 0 Å². The summed E-state index contributed by atoms with van der Waals surface area (Å²) in [6.45, 7) is 10.5. The maximum Gasteiger partial charge on any atom is 0.0376 e. The Bertz CT molecular complexity index is 475. The molecule has 1 N–H and O–H groups in total. The number of rotatable bonds is 1. The first kappa shape index (κ1) is 14.0. The van der Waals surface area contributed by atoms with Crippen LogP contribution >= 0.6 is 0 Å². The number of fused-ring (bicyclic) bond motifs is 1. The molecule has 3 rings (SSSR count). The van der Waals surface area contributed by atoms with Crippen molar-refractivity contribution in [1.29, 1.82) is 0 Å². The van der Waals surface area contributed by atoms with Crippen molar-refractivity contribution in [2.24, 2.45) is 11.8 Å². The van der Waals surface area contributed by atoms with E-state index in [1.807, 2.05) is 0 Å². The van der Waals surface area contributed by atoms with E-state index in [0.717, 1.165) is 24.3 Å². The van der Waals surface area contributed by atoms with Crippen LogP contribution in [0.25, 0.3) is 0 Å². The lowest BCUT2D eigenvalue weighted by atomic mass is 9.74. The van der Waals surface area contributed by atoms with Crippen molar-refractivity contribution in [2.75, 3.05) is 11.9 Å². The third-order valence-electron chi connectivity index (χ3n) is 5.46. The molecule has 1 heteroatoms. The summed E-state index contributed by atoms with van der Waals surface area (Å²) >= 11 is 0. The first-order chi connectivity index (χ1) is 9.45. The molecule has 0 amide bonds. The first-order valence-electron chi connectivity index (χ1n) is 8.33. The summed E-state index contributed by atoms with van der Waals surface area (Å²) in [6.07, 6.45) is 5.70. The zero-order chi connectivity index (χ0) is 14.3. The summed E-state index contributed by atoms with van der Waals surface area (Å²) in [5.74, 6) is 2.59. The summed E-state index contributed by atoms with van der Waals surface area (Å²) in [5.41, 5.74) is 4.72. The van der Waals surface area contributed by atoms with Crippen LogP contribution in [0, 0.1) is 11.8 Å². The third kappa shape index (κ3) is 2.60. The second-order valence-electron chi connectivity index (χ2n) is 8.06. The van der Waals surface area contributed by atoms with Gasteiger partial charge in [-0.25, -0.2) is 0 Å². The van der Waals surface area contributed by atoms with E-state index in [-0.39, 0.29) is 5.41 Å². The van der Waals surface area contributed by atoms with Crippen LogP contribution in [0.3, 0.4) is 0 Å². The maximum absolute atomic E-state index is 3.64. The molecule has 1 aromatic rings. The molecule has 2 aliphatic rings. The van der Waals surface area contributed by atoms with Crippen LogP contribution < -0.4 is 5.32 Å². The van der Waals surface area contributed by atoms with Crippen molar-refractivity contribution in [3.05, 3.63) is 29.3 Å². The van der Waals surface area contributed by atoms with Gasteiger partial charge in [-0.1, -0.05) is 52.7 Å². The van der Waals surface area contributed by atoms with Gasteiger partial charge in [0, 0.05) is 18.2 Å². The van der Waals surface area contributed by atoms with E-state index in [1.165, 1.54) is 36.9 Å². The van der Waals surface area contributed by atoms with Gasteiger partial charge in [0.05, 0.1) is 0 Å². The van der Waals surface area contributed by atoms with Crippen molar-refractivity contribution in [1.82, 2.24) is 0 Å². The zero-order valence-corrected chi connectivity index (χ0v) is 13.5. The molecule has 1 fully saturated rings. The Kier molecular flexibility index (Phi) is 3.56. The van der Waals surface area contributed by atoms with Gasteiger partial charge < -0.3 is 5.32 Å². The Hall–Kier alpha value is -0.980. The predicted molar refractivity (Wildman–Crippen MR) is 87.5 cm³/mol. The average molecular weight is 271 g/mol. The van der Waals surface area contributed by atoms with Gasteiger partial charge >= 0.3 is 0 Å². The molecule has 1 heterocycles. The molecule has 1 unspecified atom stereocenters. The Morgan fingerprint density at radius 1 is 1.05 bits per heavy atom. The second kappa shape index (κ2) is 5.09. The molecular weight excluding hydrogens is 242 g/mol. The van der Waals surface area contributed by atoms with Gasteiger partial charge in [-0.15, -0.1) is 0 Å². The number of hydrogen-bond acceptors (Lipinski definition) is 1. The summed E-state index contributed by atoms with van der Waals surface area (Å²) in [7, 11) is 0. The SMILES string of the molecule is CC1CCC(C2CNc3ccc(C(C)(C)C)cc32)CC1. The summed E-state index contributed by atoms with van der Waals surface area (Å²) in [4.78, 5) is 0. The largest absolute Gasteiger partial charge is 0.384 e. The minimum absolute atomic E-state index is 0.253. The van der Waals surface area contributed by atoms with Gasteiger partial charge in [0.2, 0.25) is 0 Å². The van der Waals surface area contributed by atoms with Crippen LogP contribution in [0.15, 0.2) is 18.2 Å². The molecule has 0 saturated heterocycles. The lowest BCUT2D eigenvalue weighted by Crippen LogP contribution is -2.21. The maximum atomic E-state index is 3.64. The molecule has 1 aliphatic carbocycles. The molecule has 1 aromatic carbocycles. The molecule has 1 saturated carbocycles. The van der Waals surface area contributed by atoms with Crippen molar-refractivity contribution in [3.63, 3.8) is 0 Å². The smallest absolute Gasteiger partial charge is 0.0376 e. The van der Waals surface area contributed by atoms with Gasteiger partial charge in [0.25, 0.3) is 0 Å². The van der Waals surface area contributed by atoms with E-state index in [2.05, 4.69) is 51.2 Å². The summed E-state index contributed by atoms with van der Waals surface area (Å²) in [5, 5.41) is 3.64. The molecule has 1 nitrogen and oxygen atoms in total. The lowest BCUT2D eigenvalue weighted by molar-refractivity contribution is 0.261. The molecule has 20 heavy (non-hydrogen) atoms. The minimum Gasteiger partial charge on any atom is -0.384 e. The molecule has 0 radical (unpaired) electrons. The Morgan fingerprint density at radius 3 is 2.40 bits per heavy atom. The quantitative estimate of drug-likeness (QED) is 0.729. The van der Waals surface area contributed by atoms with E-state index in [0.29, 0.717) is 0 Å². The highest BCUT2D eigenvalue weighted by Crippen LogP contribution is 2.44. The van der Waals surface area contributed by atoms with Crippen LogP contribution in [0.5, 0.6) is 0 Å². The Labute approximate surface area is 124 Å². The van der Waals surface area contributed by atoms with E-state index in [1.54, 1.807) is 5.56 Å². The predicted octanol–water partition coefficient (Wildman–Crippen LogP) is 5.32. The van der Waals surface area contributed by atoms with Crippen LogP contribution in [0.2, 0.25) is 0 Å². The standard InChI is InChI=1S/C19H29N/c1-13-5-7-14(8-6-13)17-12-20-18-10-9-15(11-16(17)18)19(2,3)4/h9-11,13-14,17,20H,5-8,12H2,1-4H3. The molecular formula is C19H29N. The average Bonchev–Trinajstić information content (AvgIpc) is 2.81. The minimum atomic E-state index is 0.253. The molecule has 1 aliphatic heterocycles. The molecule has 0 spiro atoms. The van der Waals surface area contributed by atoms with Crippen molar-refractivity contribution < 1.29 is 0 Å². The van der Waals surface area contributed by atoms with Gasteiger partial charge in [0.15, 0.2) is 0 Å². The van der Waals surface area contributed by atoms with E-state index < -0.39 is 0 Å². The van der Waals surface area contributed by atoms with Gasteiger partial charge in [0.1, 0.15) is 0 Å². The van der Waals surface area contributed by atoms with Crippen LogP contribution in [0.4, 0.5) is 5.69 Å². The van der Waals surface area contributed by atoms with E-state index >= 15 is 0 Å². The summed E-state index contributed by atoms with van der Waals surface area (Å²) in [6, 6.07) is 7.09. The first-order valence-corrected chi connectivity index (χ1v) is 8.33. The number of anilines is 1. The molecule has 1 atom stereocenters. The Balaban J connectivity index is 1.85. The van der Waals surface area contributed by atoms with Gasteiger partial charge in [-0.05, 0) is 47.3 Å². The van der Waals surface area contributed by atoms with Crippen LogP contribution in [0.1, 0.15) is 70.4 Å². The monoisotopic (exact) mass is 271 g/mol. The molecule has 0 bridgehead atoms. The summed E-state index contributed by atoms with van der Waals surface area (Å²) < 4.78 is 0. The highest BCUT2D eigenvalue weighted by molar-refractivity contribution is 5.59. The fraction of sp³-hybridized carbons (Fsp3) is 0.684. The molecule has 110 valence electrons. The highest BCUT2D eigenvalue weighted by Gasteiger charge is 2.32. The number of nitrogens with one attached hydrogen (secondary N) is 1. The zero-order valence-electron chi connectivity index (χ0n) is 13.5. The van der Waals surface area contributed by atoms with Gasteiger partial charge in [-0.3, -0.25) is 0 Å². The molecule has 0 aromatic heterocycles. The van der Waals surface area contributed by atoms with Crippen molar-refractivity contribution in [2.45, 2.75) is 64.7 Å². The normalized spacial score (nSPS) is 29.9. The lowest BCUT2D eigenvalue weighted by Gasteiger charge is -2.31. The van der Waals surface area contributed by atoms with E-state index in [9.17, 15) is 0 Å². The van der Waals surface area contributed by atoms with Crippen molar-refractivity contribution >= 4 is 5.69 Å². The fourth-order valence-corrected chi connectivity index (χ4v) is 3.94. The van der Waals surface area contributed by atoms with Crippen LogP contribution in [-0.4, -0.2) is 6.54 Å². The third-order valence-corrected chi connectivity index (χ3v) is 5.46. The Morgan fingerprint density at radius 2 is 1.75 bits per heavy atom. The topological polar surface area (TPSA) is 12.0 Å². The van der Waals surface area contributed by atoms with Crippen LogP contribution in [-0.2, 0) is 5.41 Å². The second-order valence-corrected chi connectivity index (χ2v) is 8.06. The van der Waals surface area contributed by atoms with Gasteiger partial charge in [-0.2, -0.15) is 0 Å². The number of hydrogen-bond donors (Lipinski definition) is 1.